The molecule has 0 aliphatic carbocycles. The second-order valence-corrected chi connectivity index (χ2v) is 7.02. The SMILES string of the molecule is O=C(CCCN1C(=O)c2ccccc2C1=O)NCCCCN1CCCC1. The van der Waals surface area contributed by atoms with Gasteiger partial charge in [-0.25, -0.2) is 0 Å². The first kappa shape index (κ1) is 18.6. The Morgan fingerprint density at radius 1 is 0.923 bits per heavy atom. The van der Waals surface area contributed by atoms with Crippen molar-refractivity contribution in [3.63, 3.8) is 0 Å². The van der Waals surface area contributed by atoms with Crippen LogP contribution in [-0.2, 0) is 4.79 Å². The maximum atomic E-state index is 12.2. The van der Waals surface area contributed by atoms with Gasteiger partial charge in [0, 0.05) is 19.5 Å². The van der Waals surface area contributed by atoms with Gasteiger partial charge in [0.05, 0.1) is 11.1 Å². The molecule has 1 aromatic rings. The van der Waals surface area contributed by atoms with Gasteiger partial charge in [-0.3, -0.25) is 19.3 Å². The minimum Gasteiger partial charge on any atom is -0.356 e. The molecule has 2 heterocycles. The number of carbonyl (C=O) groups excluding carboxylic acids is 3. The maximum Gasteiger partial charge on any atom is 0.261 e. The van der Waals surface area contributed by atoms with Crippen LogP contribution in [0.5, 0.6) is 0 Å². The summed E-state index contributed by atoms with van der Waals surface area (Å²) in [5.74, 6) is -0.524. The molecule has 2 aliphatic rings. The number of rotatable bonds is 9. The van der Waals surface area contributed by atoms with E-state index >= 15 is 0 Å². The molecular formula is C20H27N3O3. The van der Waals surface area contributed by atoms with Crippen LogP contribution in [0.25, 0.3) is 0 Å². The van der Waals surface area contributed by atoms with Gasteiger partial charge in [0.25, 0.3) is 11.8 Å². The summed E-state index contributed by atoms with van der Waals surface area (Å²) in [6, 6.07) is 6.85. The third kappa shape index (κ3) is 4.49. The van der Waals surface area contributed by atoms with Gasteiger partial charge in [-0.1, -0.05) is 12.1 Å². The van der Waals surface area contributed by atoms with Crippen molar-refractivity contribution in [3.8, 4) is 0 Å². The average Bonchev–Trinajstić information content (AvgIpc) is 3.24. The predicted molar refractivity (Wildman–Crippen MR) is 99.0 cm³/mol. The van der Waals surface area contributed by atoms with Crippen LogP contribution in [0.2, 0.25) is 0 Å². The van der Waals surface area contributed by atoms with Gasteiger partial charge >= 0.3 is 0 Å². The fourth-order valence-electron chi connectivity index (χ4n) is 3.62. The minimum absolute atomic E-state index is 0.0113. The Labute approximate surface area is 154 Å². The lowest BCUT2D eigenvalue weighted by atomic mass is 10.1. The first-order valence-electron chi connectivity index (χ1n) is 9.61. The molecule has 3 amide bonds. The van der Waals surface area contributed by atoms with Crippen molar-refractivity contribution in [1.29, 1.82) is 0 Å². The van der Waals surface area contributed by atoms with E-state index in [1.54, 1.807) is 24.3 Å². The molecule has 0 radical (unpaired) electrons. The highest BCUT2D eigenvalue weighted by molar-refractivity contribution is 6.21. The molecule has 1 aromatic carbocycles. The Kier molecular flexibility index (Phi) is 6.39. The van der Waals surface area contributed by atoms with E-state index in [2.05, 4.69) is 10.2 Å². The lowest BCUT2D eigenvalue weighted by molar-refractivity contribution is -0.121. The molecule has 26 heavy (non-hydrogen) atoms. The number of imide groups is 1. The fraction of sp³-hybridized carbons (Fsp3) is 0.550. The topological polar surface area (TPSA) is 69.7 Å². The van der Waals surface area contributed by atoms with Crippen molar-refractivity contribution in [2.24, 2.45) is 0 Å². The summed E-state index contributed by atoms with van der Waals surface area (Å²) in [7, 11) is 0. The summed E-state index contributed by atoms with van der Waals surface area (Å²) in [6.45, 7) is 4.53. The van der Waals surface area contributed by atoms with E-state index in [1.165, 1.54) is 30.8 Å². The highest BCUT2D eigenvalue weighted by atomic mass is 16.2. The number of likely N-dealkylation sites (tertiary alicyclic amines) is 1. The van der Waals surface area contributed by atoms with Crippen LogP contribution in [-0.4, -0.2) is 60.2 Å². The molecule has 140 valence electrons. The zero-order valence-electron chi connectivity index (χ0n) is 15.2. The van der Waals surface area contributed by atoms with Crippen LogP contribution >= 0.6 is 0 Å². The van der Waals surface area contributed by atoms with Crippen LogP contribution in [0.15, 0.2) is 24.3 Å². The molecule has 1 saturated heterocycles. The van der Waals surface area contributed by atoms with Crippen LogP contribution in [0.3, 0.4) is 0 Å². The van der Waals surface area contributed by atoms with E-state index in [0.29, 0.717) is 30.5 Å². The molecule has 0 spiro atoms. The first-order valence-corrected chi connectivity index (χ1v) is 9.61. The van der Waals surface area contributed by atoms with E-state index in [4.69, 9.17) is 0 Å². The van der Waals surface area contributed by atoms with Crippen molar-refractivity contribution in [2.75, 3.05) is 32.7 Å². The van der Waals surface area contributed by atoms with Crippen molar-refractivity contribution in [1.82, 2.24) is 15.1 Å². The molecular weight excluding hydrogens is 330 g/mol. The minimum atomic E-state index is -0.257. The Hall–Kier alpha value is -2.21. The number of amides is 3. The van der Waals surface area contributed by atoms with E-state index in [-0.39, 0.29) is 24.3 Å². The average molecular weight is 357 g/mol. The van der Waals surface area contributed by atoms with Gasteiger partial charge in [-0.15, -0.1) is 0 Å². The summed E-state index contributed by atoms with van der Waals surface area (Å²) in [5, 5.41) is 2.93. The summed E-state index contributed by atoms with van der Waals surface area (Å²) in [5.41, 5.74) is 0.917. The summed E-state index contributed by atoms with van der Waals surface area (Å²) < 4.78 is 0. The monoisotopic (exact) mass is 357 g/mol. The highest BCUT2D eigenvalue weighted by Gasteiger charge is 2.34. The predicted octanol–water partition coefficient (Wildman–Crippen LogP) is 2.05. The normalized spacial score (nSPS) is 17.0. The number of hydrogen-bond acceptors (Lipinski definition) is 4. The van der Waals surface area contributed by atoms with Crippen molar-refractivity contribution < 1.29 is 14.4 Å². The third-order valence-corrected chi connectivity index (χ3v) is 5.09. The second kappa shape index (κ2) is 8.94. The van der Waals surface area contributed by atoms with Gasteiger partial charge < -0.3 is 10.2 Å². The molecule has 0 saturated carbocycles. The van der Waals surface area contributed by atoms with Crippen LogP contribution in [0.4, 0.5) is 0 Å². The molecule has 6 heteroatoms. The van der Waals surface area contributed by atoms with Crippen LogP contribution in [0.1, 0.15) is 59.2 Å². The van der Waals surface area contributed by atoms with E-state index in [1.807, 2.05) is 0 Å². The largest absolute Gasteiger partial charge is 0.356 e. The second-order valence-electron chi connectivity index (χ2n) is 7.02. The Balaban J connectivity index is 1.29. The Morgan fingerprint density at radius 3 is 2.23 bits per heavy atom. The number of unbranched alkanes of at least 4 members (excludes halogenated alkanes) is 1. The number of benzene rings is 1. The highest BCUT2D eigenvalue weighted by Crippen LogP contribution is 2.22. The molecule has 0 bridgehead atoms. The van der Waals surface area contributed by atoms with Crippen LogP contribution in [0, 0.1) is 0 Å². The zero-order chi connectivity index (χ0) is 18.4. The first-order chi connectivity index (χ1) is 12.7. The quantitative estimate of drug-likeness (QED) is 0.542. The Bertz CT molecular complexity index is 633. The van der Waals surface area contributed by atoms with Gasteiger partial charge in [0.15, 0.2) is 0 Å². The molecule has 3 rings (SSSR count). The van der Waals surface area contributed by atoms with Gasteiger partial charge in [0.1, 0.15) is 0 Å². The summed E-state index contributed by atoms with van der Waals surface area (Å²) >= 11 is 0. The van der Waals surface area contributed by atoms with Crippen LogP contribution < -0.4 is 5.32 Å². The molecule has 6 nitrogen and oxygen atoms in total. The van der Waals surface area contributed by atoms with Crippen molar-refractivity contribution in [2.45, 2.75) is 38.5 Å². The fourth-order valence-corrected chi connectivity index (χ4v) is 3.62. The lowest BCUT2D eigenvalue weighted by Crippen LogP contribution is -2.32. The summed E-state index contributed by atoms with van der Waals surface area (Å²) in [6.07, 6.45) is 5.54. The number of fused-ring (bicyclic) bond motifs is 1. The summed E-state index contributed by atoms with van der Waals surface area (Å²) in [4.78, 5) is 40.1. The zero-order valence-corrected chi connectivity index (χ0v) is 15.2. The van der Waals surface area contributed by atoms with Crippen molar-refractivity contribution >= 4 is 17.7 Å². The number of hydrogen-bond donors (Lipinski definition) is 1. The molecule has 1 N–H and O–H groups in total. The van der Waals surface area contributed by atoms with Gasteiger partial charge in [-0.2, -0.15) is 0 Å². The number of nitrogens with zero attached hydrogens (tertiary/aromatic N) is 2. The maximum absolute atomic E-state index is 12.2. The molecule has 0 aromatic heterocycles. The van der Waals surface area contributed by atoms with E-state index < -0.39 is 0 Å². The molecule has 1 fully saturated rings. The Morgan fingerprint density at radius 2 is 1.58 bits per heavy atom. The molecule has 2 aliphatic heterocycles. The van der Waals surface area contributed by atoms with Gasteiger partial charge in [-0.05, 0) is 63.9 Å². The third-order valence-electron chi connectivity index (χ3n) is 5.09. The standard InChI is InChI=1S/C20H27N3O3/c24-18(21-11-3-4-12-22-13-5-6-14-22)10-7-15-23-19(25)16-8-1-2-9-17(16)20(23)26/h1-2,8-9H,3-7,10-15H2,(H,21,24). The molecule has 0 unspecified atom stereocenters. The number of nitrogens with one attached hydrogen (secondary N) is 1. The lowest BCUT2D eigenvalue weighted by Gasteiger charge is -2.14. The van der Waals surface area contributed by atoms with Crippen molar-refractivity contribution in [3.05, 3.63) is 35.4 Å². The van der Waals surface area contributed by atoms with Gasteiger partial charge in [0.2, 0.25) is 5.91 Å². The van der Waals surface area contributed by atoms with E-state index in [0.717, 1.165) is 19.4 Å². The van der Waals surface area contributed by atoms with E-state index in [9.17, 15) is 14.4 Å². The number of carbonyl (C=O) groups is 3. The smallest absolute Gasteiger partial charge is 0.261 e. The molecule has 0 atom stereocenters.